The van der Waals surface area contributed by atoms with E-state index in [2.05, 4.69) is 4.72 Å². The highest BCUT2D eigenvalue weighted by molar-refractivity contribution is 7.93. The maximum atomic E-state index is 11.6. The smallest absolute Gasteiger partial charge is 0.235 e. The summed E-state index contributed by atoms with van der Waals surface area (Å²) in [5.74, 6) is 0. The highest BCUT2D eigenvalue weighted by Gasteiger charge is 2.35. The van der Waals surface area contributed by atoms with Gasteiger partial charge in [0.1, 0.15) is 0 Å². The molecule has 0 aliphatic heterocycles. The second-order valence-electron chi connectivity index (χ2n) is 3.54. The Hall–Kier alpha value is -1.54. The first-order chi connectivity index (χ1) is 7.12. The lowest BCUT2D eigenvalue weighted by Gasteiger charge is -2.06. The Balaban J connectivity index is 2.21. The molecule has 0 bridgehead atoms. The maximum absolute atomic E-state index is 11.6. The van der Waals surface area contributed by atoms with Crippen LogP contribution in [0.25, 0.3) is 0 Å². The van der Waals surface area contributed by atoms with Crippen molar-refractivity contribution >= 4 is 15.7 Å². The first kappa shape index (κ1) is 9.99. The normalized spacial score (nSPS) is 15.7. The third kappa shape index (κ3) is 2.28. The number of nitriles is 1. The summed E-state index contributed by atoms with van der Waals surface area (Å²) in [4.78, 5) is 0. The summed E-state index contributed by atoms with van der Waals surface area (Å²) in [7, 11) is -3.22. The molecule has 4 nitrogen and oxygen atoms in total. The van der Waals surface area contributed by atoms with Crippen LogP contribution in [0.15, 0.2) is 24.3 Å². The minimum atomic E-state index is -3.22. The molecule has 0 heterocycles. The monoisotopic (exact) mass is 222 g/mol. The largest absolute Gasteiger partial charge is 0.283 e. The maximum Gasteiger partial charge on any atom is 0.235 e. The van der Waals surface area contributed by atoms with Crippen molar-refractivity contribution in [1.29, 1.82) is 5.26 Å². The molecular formula is C10H10N2O2S. The number of anilines is 1. The molecule has 0 aromatic heterocycles. The van der Waals surface area contributed by atoms with Crippen LogP contribution in [0.3, 0.4) is 0 Å². The van der Waals surface area contributed by atoms with Crippen molar-refractivity contribution in [1.82, 2.24) is 0 Å². The van der Waals surface area contributed by atoms with Crippen molar-refractivity contribution < 1.29 is 8.42 Å². The Bertz CT molecular complexity index is 512. The van der Waals surface area contributed by atoms with Gasteiger partial charge in [0.2, 0.25) is 10.0 Å². The van der Waals surface area contributed by atoms with E-state index in [1.807, 2.05) is 6.07 Å². The topological polar surface area (TPSA) is 70.0 Å². The highest BCUT2D eigenvalue weighted by atomic mass is 32.2. The molecule has 1 fully saturated rings. The minimum absolute atomic E-state index is 0.247. The van der Waals surface area contributed by atoms with Crippen LogP contribution >= 0.6 is 0 Å². The molecule has 1 N–H and O–H groups in total. The Kier molecular flexibility index (Phi) is 2.37. The lowest BCUT2D eigenvalue weighted by Crippen LogP contribution is -2.17. The molecule has 0 atom stereocenters. The van der Waals surface area contributed by atoms with Gasteiger partial charge in [-0.15, -0.1) is 0 Å². The zero-order valence-corrected chi connectivity index (χ0v) is 8.79. The van der Waals surface area contributed by atoms with Gasteiger partial charge in [-0.2, -0.15) is 5.26 Å². The van der Waals surface area contributed by atoms with Gasteiger partial charge in [0, 0.05) is 5.69 Å². The Morgan fingerprint density at radius 2 is 2.13 bits per heavy atom. The van der Waals surface area contributed by atoms with E-state index in [1.165, 1.54) is 6.07 Å². The zero-order chi connectivity index (χ0) is 10.9. The van der Waals surface area contributed by atoms with Crippen LogP contribution in [0.2, 0.25) is 0 Å². The van der Waals surface area contributed by atoms with Crippen molar-refractivity contribution in [3.63, 3.8) is 0 Å². The molecular weight excluding hydrogens is 212 g/mol. The number of benzene rings is 1. The minimum Gasteiger partial charge on any atom is -0.283 e. The quantitative estimate of drug-likeness (QED) is 0.841. The predicted molar refractivity (Wildman–Crippen MR) is 56.7 cm³/mol. The van der Waals surface area contributed by atoms with Crippen LogP contribution < -0.4 is 4.72 Å². The molecule has 1 aliphatic carbocycles. The van der Waals surface area contributed by atoms with E-state index >= 15 is 0 Å². The summed E-state index contributed by atoms with van der Waals surface area (Å²) in [6, 6.07) is 8.42. The van der Waals surface area contributed by atoms with Crippen LogP contribution in [0, 0.1) is 11.3 Å². The highest BCUT2D eigenvalue weighted by Crippen LogP contribution is 2.29. The van der Waals surface area contributed by atoms with E-state index < -0.39 is 10.0 Å². The Morgan fingerprint density at radius 3 is 2.73 bits per heavy atom. The van der Waals surface area contributed by atoms with E-state index in [1.54, 1.807) is 18.2 Å². The van der Waals surface area contributed by atoms with Crippen LogP contribution in [0.4, 0.5) is 5.69 Å². The van der Waals surface area contributed by atoms with Gasteiger partial charge in [-0.25, -0.2) is 8.42 Å². The summed E-state index contributed by atoms with van der Waals surface area (Å²) in [6.07, 6.45) is 1.46. The van der Waals surface area contributed by atoms with Gasteiger partial charge in [0.15, 0.2) is 0 Å². The van der Waals surface area contributed by atoms with Crippen LogP contribution in [-0.4, -0.2) is 13.7 Å². The van der Waals surface area contributed by atoms with Gasteiger partial charge >= 0.3 is 0 Å². The first-order valence-electron chi connectivity index (χ1n) is 4.63. The fourth-order valence-corrected chi connectivity index (χ4v) is 2.66. The van der Waals surface area contributed by atoms with Crippen LogP contribution in [-0.2, 0) is 10.0 Å². The van der Waals surface area contributed by atoms with E-state index in [9.17, 15) is 8.42 Å². The molecule has 1 aromatic rings. The third-order valence-corrected chi connectivity index (χ3v) is 4.08. The molecule has 0 saturated heterocycles. The number of sulfonamides is 1. The van der Waals surface area contributed by atoms with Gasteiger partial charge in [0.25, 0.3) is 0 Å². The van der Waals surface area contributed by atoms with Crippen LogP contribution in [0.1, 0.15) is 18.4 Å². The standard InChI is InChI=1S/C10H10N2O2S/c11-7-8-2-1-3-9(6-8)12-15(13,14)10-4-5-10/h1-3,6,10,12H,4-5H2. The molecule has 1 saturated carbocycles. The molecule has 15 heavy (non-hydrogen) atoms. The lowest BCUT2D eigenvalue weighted by atomic mass is 10.2. The number of rotatable bonds is 3. The van der Waals surface area contributed by atoms with Crippen molar-refractivity contribution in [2.75, 3.05) is 4.72 Å². The predicted octanol–water partition coefficient (Wildman–Crippen LogP) is 1.46. The first-order valence-corrected chi connectivity index (χ1v) is 6.18. The zero-order valence-electron chi connectivity index (χ0n) is 7.97. The summed E-state index contributed by atoms with van der Waals surface area (Å²) in [5, 5.41) is 8.41. The number of hydrogen-bond acceptors (Lipinski definition) is 3. The van der Waals surface area contributed by atoms with E-state index in [0.29, 0.717) is 11.3 Å². The summed E-state index contributed by atoms with van der Waals surface area (Å²) in [6.45, 7) is 0. The van der Waals surface area contributed by atoms with Crippen molar-refractivity contribution in [3.8, 4) is 6.07 Å². The molecule has 0 unspecified atom stereocenters. The number of nitrogens with zero attached hydrogens (tertiary/aromatic N) is 1. The molecule has 78 valence electrons. The van der Waals surface area contributed by atoms with Gasteiger partial charge in [0.05, 0.1) is 16.9 Å². The Morgan fingerprint density at radius 1 is 1.40 bits per heavy atom. The van der Waals surface area contributed by atoms with E-state index in [-0.39, 0.29) is 5.25 Å². The lowest BCUT2D eigenvalue weighted by molar-refractivity contribution is 0.600. The van der Waals surface area contributed by atoms with Gasteiger partial charge < -0.3 is 0 Å². The molecule has 1 aromatic carbocycles. The van der Waals surface area contributed by atoms with Crippen molar-refractivity contribution in [2.24, 2.45) is 0 Å². The number of hydrogen-bond donors (Lipinski definition) is 1. The molecule has 0 spiro atoms. The second kappa shape index (κ2) is 3.55. The molecule has 2 rings (SSSR count). The van der Waals surface area contributed by atoms with Crippen molar-refractivity contribution in [3.05, 3.63) is 29.8 Å². The van der Waals surface area contributed by atoms with E-state index in [4.69, 9.17) is 5.26 Å². The second-order valence-corrected chi connectivity index (χ2v) is 5.50. The Labute approximate surface area is 88.6 Å². The average Bonchev–Trinajstić information content (AvgIpc) is 3.00. The van der Waals surface area contributed by atoms with Crippen molar-refractivity contribution in [2.45, 2.75) is 18.1 Å². The SMILES string of the molecule is N#Cc1cccc(NS(=O)(=O)C2CC2)c1. The molecule has 0 radical (unpaired) electrons. The summed E-state index contributed by atoms with van der Waals surface area (Å²) in [5.41, 5.74) is 0.909. The molecule has 1 aliphatic rings. The third-order valence-electron chi connectivity index (χ3n) is 2.21. The summed E-state index contributed by atoms with van der Waals surface area (Å²) >= 11 is 0. The average molecular weight is 222 g/mol. The van der Waals surface area contributed by atoms with E-state index in [0.717, 1.165) is 12.8 Å². The van der Waals surface area contributed by atoms with Gasteiger partial charge in [-0.05, 0) is 31.0 Å². The molecule has 0 amide bonds. The van der Waals surface area contributed by atoms with Gasteiger partial charge in [-0.3, -0.25) is 4.72 Å². The summed E-state index contributed by atoms with van der Waals surface area (Å²) < 4.78 is 25.6. The van der Waals surface area contributed by atoms with Gasteiger partial charge in [-0.1, -0.05) is 6.07 Å². The van der Waals surface area contributed by atoms with Crippen LogP contribution in [0.5, 0.6) is 0 Å². The fraction of sp³-hybridized carbons (Fsp3) is 0.300. The fourth-order valence-electron chi connectivity index (χ4n) is 1.28. The molecule has 5 heteroatoms. The number of nitrogens with one attached hydrogen (secondary N) is 1.